The van der Waals surface area contributed by atoms with E-state index < -0.39 is 0 Å². The van der Waals surface area contributed by atoms with Gasteiger partial charge in [-0.1, -0.05) is 0 Å². The second-order valence-corrected chi connectivity index (χ2v) is 8.97. The third kappa shape index (κ3) is 4.44. The van der Waals surface area contributed by atoms with Crippen molar-refractivity contribution >= 4 is 34.8 Å². The third-order valence-corrected chi connectivity index (χ3v) is 6.81. The molecule has 0 unspecified atom stereocenters. The van der Waals surface area contributed by atoms with E-state index in [4.69, 9.17) is 28.1 Å². The minimum absolute atomic E-state index is 0.0232. The van der Waals surface area contributed by atoms with E-state index in [1.807, 2.05) is 55.5 Å². The predicted molar refractivity (Wildman–Crippen MR) is 133 cm³/mol. The van der Waals surface area contributed by atoms with E-state index in [1.54, 1.807) is 12.3 Å². The van der Waals surface area contributed by atoms with Crippen molar-refractivity contribution in [1.29, 1.82) is 10.5 Å². The van der Waals surface area contributed by atoms with E-state index in [9.17, 15) is 0 Å². The van der Waals surface area contributed by atoms with Crippen molar-refractivity contribution in [2.24, 2.45) is 0 Å². The van der Waals surface area contributed by atoms with Crippen LogP contribution in [0.15, 0.2) is 58.4 Å². The van der Waals surface area contributed by atoms with Gasteiger partial charge in [0.2, 0.25) is 0 Å². The molecule has 4 aromatic rings. The zero-order chi connectivity index (χ0) is 24.1. The first-order valence-corrected chi connectivity index (χ1v) is 11.6. The number of thiophene rings is 1. The molecule has 34 heavy (non-hydrogen) atoms. The van der Waals surface area contributed by atoms with Crippen LogP contribution < -0.4 is 0 Å². The number of allylic oxidation sites excluding steroid dienone is 2. The van der Waals surface area contributed by atoms with Crippen molar-refractivity contribution < 1.29 is 4.42 Å². The van der Waals surface area contributed by atoms with Gasteiger partial charge in [-0.05, 0) is 55.5 Å². The topological polar surface area (TPSA) is 87.3 Å². The Kier molecular flexibility index (Phi) is 6.53. The minimum Gasteiger partial charge on any atom is -0.454 e. The molecular weight excluding hydrogens is 464 g/mol. The summed E-state index contributed by atoms with van der Waals surface area (Å²) in [5.41, 5.74) is 1.90. The number of nitrogens with zero attached hydrogens (tertiary/aromatic N) is 6. The van der Waals surface area contributed by atoms with Crippen LogP contribution in [0.4, 0.5) is 0 Å². The molecule has 0 bridgehead atoms. The Morgan fingerprint density at radius 2 is 1.65 bits per heavy atom. The number of aromatic nitrogens is 2. The minimum atomic E-state index is 0.0232. The van der Waals surface area contributed by atoms with Gasteiger partial charge in [-0.25, -0.2) is 25.2 Å². The Hall–Kier alpha value is -4.67. The molecule has 0 aliphatic rings. The molecule has 0 saturated heterocycles. The number of rotatable bonds is 6. The highest BCUT2D eigenvalue weighted by Gasteiger charge is 2.17. The molecule has 0 aromatic carbocycles. The second-order valence-electron chi connectivity index (χ2n) is 6.79. The summed E-state index contributed by atoms with van der Waals surface area (Å²) in [6.45, 7) is 16.8. The molecule has 9 heteroatoms. The summed E-state index contributed by atoms with van der Waals surface area (Å²) in [5.74, 6) is 1.42. The quantitative estimate of drug-likeness (QED) is 0.217. The Bertz CT molecular complexity index is 1570. The lowest BCUT2D eigenvalue weighted by Gasteiger charge is -2.08. The van der Waals surface area contributed by atoms with Crippen molar-refractivity contribution in [1.82, 2.24) is 9.55 Å². The van der Waals surface area contributed by atoms with Crippen molar-refractivity contribution in [3.05, 3.63) is 86.6 Å². The highest BCUT2D eigenvalue weighted by molar-refractivity contribution is 7.16. The highest BCUT2D eigenvalue weighted by Crippen LogP contribution is 2.36. The van der Waals surface area contributed by atoms with Crippen LogP contribution in [0, 0.1) is 35.8 Å². The van der Waals surface area contributed by atoms with Crippen molar-refractivity contribution in [3.8, 4) is 44.9 Å². The van der Waals surface area contributed by atoms with E-state index >= 15 is 0 Å². The van der Waals surface area contributed by atoms with Gasteiger partial charge in [0.25, 0.3) is 11.4 Å². The third-order valence-electron chi connectivity index (χ3n) is 4.80. The van der Waals surface area contributed by atoms with Gasteiger partial charge in [-0.2, -0.15) is 0 Å². The lowest BCUT2D eigenvalue weighted by atomic mass is 10.3. The lowest BCUT2D eigenvalue weighted by Crippen LogP contribution is -1.98. The monoisotopic (exact) mass is 478 g/mol. The van der Waals surface area contributed by atoms with E-state index in [1.165, 1.54) is 28.7 Å². The van der Waals surface area contributed by atoms with Gasteiger partial charge in [0.05, 0.1) is 41.5 Å². The molecule has 0 radical (unpaired) electrons. The average molecular weight is 479 g/mol. The van der Waals surface area contributed by atoms with Crippen LogP contribution >= 0.6 is 22.7 Å². The molecule has 4 heterocycles. The van der Waals surface area contributed by atoms with E-state index in [-0.39, 0.29) is 11.4 Å². The Balaban J connectivity index is 1.64. The molecular formula is C25H14N6OS2. The maximum absolute atomic E-state index is 8.98. The Morgan fingerprint density at radius 1 is 0.971 bits per heavy atom. The number of nitriles is 2. The van der Waals surface area contributed by atoms with Gasteiger partial charge in [0.15, 0.2) is 5.76 Å². The standard InChI is InChI=1S/C25H14N6OS2/c1-4-31-20(6-7-21(31)25-30-15-19(34-25)12-17(14-27)29-3)22-8-9-23(32-22)24-10-5-18(33-24)11-16(13-26)28-2/h5-12,15H,4H2,1H3/b16-11-,17-12+. The first-order chi connectivity index (χ1) is 16.6. The molecule has 0 aliphatic carbocycles. The van der Waals surface area contributed by atoms with Gasteiger partial charge in [0.1, 0.15) is 10.8 Å². The first-order valence-electron chi connectivity index (χ1n) is 9.94. The van der Waals surface area contributed by atoms with Crippen LogP contribution in [0.2, 0.25) is 0 Å². The van der Waals surface area contributed by atoms with Gasteiger partial charge in [-0.3, -0.25) is 0 Å². The summed E-state index contributed by atoms with van der Waals surface area (Å²) in [6.07, 6.45) is 4.76. The Morgan fingerprint density at radius 3 is 2.32 bits per heavy atom. The lowest BCUT2D eigenvalue weighted by molar-refractivity contribution is 0.589. The van der Waals surface area contributed by atoms with Gasteiger partial charge in [-0.15, -0.1) is 22.7 Å². The molecule has 0 saturated carbocycles. The van der Waals surface area contributed by atoms with E-state index in [0.29, 0.717) is 18.1 Å². The summed E-state index contributed by atoms with van der Waals surface area (Å²) in [6, 6.07) is 15.3. The first kappa shape index (κ1) is 22.5. The van der Waals surface area contributed by atoms with Crippen LogP contribution in [0.3, 0.4) is 0 Å². The molecule has 4 aromatic heterocycles. The number of hydrogen-bond donors (Lipinski definition) is 0. The van der Waals surface area contributed by atoms with Crippen LogP contribution in [0.1, 0.15) is 16.7 Å². The molecule has 4 rings (SSSR count). The van der Waals surface area contributed by atoms with Crippen molar-refractivity contribution in [3.63, 3.8) is 0 Å². The molecule has 0 spiro atoms. The van der Waals surface area contributed by atoms with Crippen molar-refractivity contribution in [2.45, 2.75) is 13.5 Å². The fraction of sp³-hybridized carbons (Fsp3) is 0.0800. The number of hydrogen-bond acceptors (Lipinski definition) is 6. The average Bonchev–Trinajstić information content (AvgIpc) is 3.66. The van der Waals surface area contributed by atoms with Crippen LogP contribution in [0.5, 0.6) is 0 Å². The normalized spacial score (nSPS) is 11.4. The zero-order valence-corrected chi connectivity index (χ0v) is 19.4. The van der Waals surface area contributed by atoms with Crippen LogP contribution in [-0.4, -0.2) is 9.55 Å². The van der Waals surface area contributed by atoms with E-state index in [2.05, 4.69) is 19.2 Å². The van der Waals surface area contributed by atoms with Crippen LogP contribution in [0.25, 0.3) is 54.6 Å². The largest absolute Gasteiger partial charge is 0.454 e. The molecule has 0 fully saturated rings. The second kappa shape index (κ2) is 9.86. The summed E-state index contributed by atoms with van der Waals surface area (Å²) >= 11 is 2.86. The summed E-state index contributed by atoms with van der Waals surface area (Å²) in [4.78, 5) is 13.3. The Labute approximate surface area is 204 Å². The molecule has 162 valence electrons. The van der Waals surface area contributed by atoms with Crippen molar-refractivity contribution in [2.75, 3.05) is 0 Å². The predicted octanol–water partition coefficient (Wildman–Crippen LogP) is 7.19. The number of furan rings is 1. The maximum Gasteiger partial charge on any atom is 0.263 e. The number of thiazole rings is 1. The SMILES string of the molecule is [C-]#[N+]/C(C#N)=C\c1ccc(-c2ccc(-c3ccc(-c4ncc(/C=C(\C#N)[N+]#[C-])s4)n3CC)o2)s1. The highest BCUT2D eigenvalue weighted by atomic mass is 32.1. The summed E-state index contributed by atoms with van der Waals surface area (Å²) in [7, 11) is 0. The molecule has 7 nitrogen and oxygen atoms in total. The maximum atomic E-state index is 8.98. The van der Waals surface area contributed by atoms with Gasteiger partial charge >= 0.3 is 0 Å². The zero-order valence-electron chi connectivity index (χ0n) is 17.8. The molecule has 0 amide bonds. The smallest absolute Gasteiger partial charge is 0.263 e. The molecule has 0 aliphatic heterocycles. The fourth-order valence-corrected chi connectivity index (χ4v) is 5.10. The van der Waals surface area contributed by atoms with E-state index in [0.717, 1.165) is 31.0 Å². The summed E-state index contributed by atoms with van der Waals surface area (Å²) in [5, 5.41) is 18.7. The summed E-state index contributed by atoms with van der Waals surface area (Å²) < 4.78 is 8.26. The molecule has 0 atom stereocenters. The fourth-order valence-electron chi connectivity index (χ4n) is 3.30. The molecule has 0 N–H and O–H groups in total. The van der Waals surface area contributed by atoms with Gasteiger partial charge < -0.3 is 8.98 Å². The van der Waals surface area contributed by atoms with Crippen LogP contribution in [-0.2, 0) is 6.54 Å². The van der Waals surface area contributed by atoms with Gasteiger partial charge in [0, 0.05) is 22.5 Å².